The maximum absolute atomic E-state index is 7.37. The minimum Gasteiger partial charge on any atom is -0.456 e. The van der Waals surface area contributed by atoms with Gasteiger partial charge in [-0.05, 0) is 169 Å². The van der Waals surface area contributed by atoms with Crippen molar-refractivity contribution in [2.75, 3.05) is 9.71 Å². The van der Waals surface area contributed by atoms with Crippen LogP contribution in [0.1, 0.15) is 156 Å². The maximum Gasteiger partial charge on any atom is 0.343 e. The summed E-state index contributed by atoms with van der Waals surface area (Å²) in [4.78, 5) is 5.40. The van der Waals surface area contributed by atoms with Gasteiger partial charge in [0.1, 0.15) is 22.3 Å². The molecule has 0 unspecified atom stereocenters. The quantitative estimate of drug-likeness (QED) is 0.165. The third-order valence-corrected chi connectivity index (χ3v) is 21.1. The number of anilines is 5. The molecule has 0 saturated carbocycles. The van der Waals surface area contributed by atoms with Crippen LogP contribution in [0.15, 0.2) is 148 Å². The summed E-state index contributed by atoms with van der Waals surface area (Å²) in [7, 11) is 0. The molecule has 5 heterocycles. The van der Waals surface area contributed by atoms with Crippen molar-refractivity contribution in [1.29, 1.82) is 0 Å². The number of benzene rings is 8. The number of rotatable bonds is 3. The zero-order valence-corrected chi connectivity index (χ0v) is 50.1. The van der Waals surface area contributed by atoms with E-state index < -0.39 is 0 Å². The summed E-state index contributed by atoms with van der Waals surface area (Å²) in [5.41, 5.74) is 24.1. The van der Waals surface area contributed by atoms with Crippen molar-refractivity contribution in [3.05, 3.63) is 173 Å². The number of thiophene rings is 1. The van der Waals surface area contributed by atoms with Crippen molar-refractivity contribution >= 4 is 111 Å². The molecule has 80 heavy (non-hydrogen) atoms. The van der Waals surface area contributed by atoms with Gasteiger partial charge < -0.3 is 18.5 Å². The van der Waals surface area contributed by atoms with Crippen LogP contribution in [-0.4, -0.2) is 6.85 Å². The first-order valence-corrected chi connectivity index (χ1v) is 30.2. The van der Waals surface area contributed by atoms with Gasteiger partial charge in [0.25, 0.3) is 0 Å². The summed E-state index contributed by atoms with van der Waals surface area (Å²) >= 11 is 1.99. The van der Waals surface area contributed by atoms with Crippen LogP contribution in [-0.2, 0) is 32.5 Å². The Morgan fingerprint density at radius 3 is 1.70 bits per heavy atom. The Morgan fingerprint density at radius 1 is 0.463 bits per heavy atom. The Kier molecular flexibility index (Phi) is 10.2. The van der Waals surface area contributed by atoms with Crippen LogP contribution in [0.5, 0.6) is 0 Å². The molecule has 2 aliphatic carbocycles. The lowest BCUT2D eigenvalue weighted by atomic mass is 9.46. The molecule has 3 aromatic heterocycles. The second kappa shape index (κ2) is 16.3. The van der Waals surface area contributed by atoms with Crippen LogP contribution in [0.4, 0.5) is 28.4 Å². The van der Waals surface area contributed by atoms with Crippen molar-refractivity contribution in [2.45, 2.75) is 155 Å². The second-order valence-electron chi connectivity index (χ2n) is 29.0. The summed E-state index contributed by atoms with van der Waals surface area (Å²) < 4.78 is 17.3. The fourth-order valence-corrected chi connectivity index (χ4v) is 16.1. The van der Waals surface area contributed by atoms with Crippen LogP contribution in [0.3, 0.4) is 0 Å². The highest BCUT2D eigenvalue weighted by Gasteiger charge is 2.50. The fraction of sp³-hybridized carbons (Fsp3) is 0.324. The lowest BCUT2D eigenvalue weighted by molar-refractivity contribution is 0.332. The lowest BCUT2D eigenvalue weighted by Crippen LogP contribution is -2.60. The van der Waals surface area contributed by atoms with Gasteiger partial charge in [0.05, 0.1) is 11.4 Å². The average Bonchev–Trinajstić information content (AvgIpc) is 3.59. The molecular weight excluding hydrogens is 992 g/mol. The molecule has 8 aromatic carbocycles. The van der Waals surface area contributed by atoms with Crippen molar-refractivity contribution in [2.24, 2.45) is 0 Å². The molecule has 0 N–H and O–H groups in total. The SMILES string of the molecule is CC(C)(C)c1ccc(N2B3c4sc5cc6c(cc5c4N(c4ccc(C(C)(C)C)cc4-c4ccccc4)c4cc5c(oc7ccccc75)c(c43)-c3cc4c(cc32)oc2cc3c(cc24)C(C)(C)CCC3(C)C)C(C)(C)CCC6(C)C)cc1. The van der Waals surface area contributed by atoms with Gasteiger partial charge in [0.15, 0.2) is 0 Å². The first kappa shape index (κ1) is 50.0. The number of fused-ring (bicyclic) bond motifs is 15. The highest BCUT2D eigenvalue weighted by molar-refractivity contribution is 7.32. The summed E-state index contributed by atoms with van der Waals surface area (Å²) in [6.07, 6.45) is 4.59. The Balaban J connectivity index is 1.13. The molecule has 0 fully saturated rings. The zero-order chi connectivity index (χ0) is 55.5. The largest absolute Gasteiger partial charge is 0.456 e. The molecule has 2 aliphatic heterocycles. The standard InChI is InChI=1S/C74H73BN2O2S/c1-69(2,3)43-24-27-45(28-25-43)77-58-41-62-48(49-36-53-55(39-61(49)78-62)73(11,12)32-30-71(53,7)8)35-51(58)64-65-59(38-50-46-22-18-19-23-60(46)79-67(50)64)76(57-29-26-44(70(4,5)6)34-47(57)42-20-16-15-17-21-42)66-52-37-54-56(40-63(52)80-68(66)75(65)77)74(13,14)33-31-72(54,9)10/h15-29,34-41H,30-33H2,1-14H3. The van der Waals surface area contributed by atoms with Gasteiger partial charge in [-0.15, -0.1) is 11.3 Å². The monoisotopic (exact) mass is 1060 g/mol. The van der Waals surface area contributed by atoms with E-state index in [4.69, 9.17) is 8.83 Å². The van der Waals surface area contributed by atoms with E-state index in [-0.39, 0.29) is 39.3 Å². The van der Waals surface area contributed by atoms with Gasteiger partial charge in [-0.3, -0.25) is 0 Å². The van der Waals surface area contributed by atoms with E-state index in [9.17, 15) is 0 Å². The summed E-state index contributed by atoms with van der Waals surface area (Å²) in [5, 5.41) is 5.87. The molecule has 0 saturated heterocycles. The first-order chi connectivity index (χ1) is 37.9. The van der Waals surface area contributed by atoms with Crippen molar-refractivity contribution in [3.63, 3.8) is 0 Å². The Labute approximate surface area is 476 Å². The molecule has 0 amide bonds. The first-order valence-electron chi connectivity index (χ1n) is 29.4. The van der Waals surface area contributed by atoms with E-state index in [1.807, 2.05) is 11.3 Å². The van der Waals surface area contributed by atoms with Crippen molar-refractivity contribution in [1.82, 2.24) is 0 Å². The van der Waals surface area contributed by atoms with E-state index in [1.54, 1.807) is 0 Å². The van der Waals surface area contributed by atoms with Crippen molar-refractivity contribution < 1.29 is 8.83 Å². The third-order valence-electron chi connectivity index (χ3n) is 19.9. The normalized spacial score (nSPS) is 17.8. The summed E-state index contributed by atoms with van der Waals surface area (Å²) in [6.45, 7) is 33.3. The molecule has 4 aliphatic rings. The van der Waals surface area contributed by atoms with Crippen LogP contribution < -0.4 is 20.0 Å². The van der Waals surface area contributed by atoms with Crippen LogP contribution in [0.2, 0.25) is 0 Å². The molecule has 400 valence electrons. The van der Waals surface area contributed by atoms with Gasteiger partial charge in [-0.25, -0.2) is 0 Å². The molecule has 0 bridgehead atoms. The van der Waals surface area contributed by atoms with Gasteiger partial charge in [0.2, 0.25) is 0 Å². The molecule has 0 spiro atoms. The fourth-order valence-electron chi connectivity index (χ4n) is 14.8. The molecule has 0 radical (unpaired) electrons. The van der Waals surface area contributed by atoms with Gasteiger partial charge in [-0.2, -0.15) is 0 Å². The van der Waals surface area contributed by atoms with Gasteiger partial charge >= 0.3 is 6.85 Å². The zero-order valence-electron chi connectivity index (χ0n) is 49.3. The van der Waals surface area contributed by atoms with E-state index in [2.05, 4.69) is 246 Å². The van der Waals surface area contributed by atoms with Gasteiger partial charge in [0, 0.05) is 76.2 Å². The summed E-state index contributed by atoms with van der Waals surface area (Å²) in [6, 6.07) is 54.2. The number of hydrogen-bond acceptors (Lipinski definition) is 5. The molecule has 15 rings (SSSR count). The highest BCUT2D eigenvalue weighted by atomic mass is 32.1. The number of furan rings is 2. The second-order valence-corrected chi connectivity index (χ2v) is 30.1. The maximum atomic E-state index is 7.37. The Morgan fingerprint density at radius 2 is 1.04 bits per heavy atom. The van der Waals surface area contributed by atoms with E-state index in [0.717, 1.165) is 86.7 Å². The van der Waals surface area contributed by atoms with Crippen LogP contribution in [0.25, 0.3) is 76.2 Å². The van der Waals surface area contributed by atoms with E-state index >= 15 is 0 Å². The minimum atomic E-state index is -0.225. The minimum absolute atomic E-state index is 0.0111. The van der Waals surface area contributed by atoms with E-state index in [0.29, 0.717) is 0 Å². The average molecular weight is 1070 g/mol. The Hall–Kier alpha value is -7.02. The van der Waals surface area contributed by atoms with Crippen molar-refractivity contribution in [3.8, 4) is 22.3 Å². The smallest absolute Gasteiger partial charge is 0.343 e. The molecule has 0 atom stereocenters. The number of nitrogens with zero attached hydrogens (tertiary/aromatic N) is 2. The van der Waals surface area contributed by atoms with Crippen LogP contribution in [0, 0.1) is 0 Å². The number of hydrogen-bond donors (Lipinski definition) is 0. The molecule has 6 heteroatoms. The molecule has 11 aromatic rings. The lowest BCUT2D eigenvalue weighted by Gasteiger charge is -2.45. The predicted octanol–water partition coefficient (Wildman–Crippen LogP) is 20.4. The van der Waals surface area contributed by atoms with Crippen LogP contribution >= 0.6 is 11.3 Å². The number of para-hydroxylation sites is 1. The topological polar surface area (TPSA) is 32.8 Å². The van der Waals surface area contributed by atoms with E-state index in [1.165, 1.54) is 87.3 Å². The molecular formula is C74H73BN2O2S. The predicted molar refractivity (Wildman–Crippen MR) is 344 cm³/mol. The third kappa shape index (κ3) is 7.12. The van der Waals surface area contributed by atoms with Gasteiger partial charge in [-0.1, -0.05) is 164 Å². The highest BCUT2D eigenvalue weighted by Crippen LogP contribution is 2.58. The summed E-state index contributed by atoms with van der Waals surface area (Å²) in [5.74, 6) is 0. The molecule has 4 nitrogen and oxygen atoms in total. The Bertz CT molecular complexity index is 4450.